The van der Waals surface area contributed by atoms with Crippen LogP contribution >= 0.6 is 11.8 Å². The molecule has 0 unspecified atom stereocenters. The minimum absolute atomic E-state index is 0.274. The number of anilines is 1. The Kier molecular flexibility index (Phi) is 4.79. The van der Waals surface area contributed by atoms with Gasteiger partial charge < -0.3 is 9.64 Å². The monoisotopic (exact) mass is 333 g/mol. The first-order chi connectivity index (χ1) is 11.2. The molecule has 1 saturated heterocycles. The van der Waals surface area contributed by atoms with Crippen molar-refractivity contribution in [3.05, 3.63) is 30.1 Å². The molecule has 1 aliphatic heterocycles. The van der Waals surface area contributed by atoms with Crippen molar-refractivity contribution < 1.29 is 9.13 Å². The van der Waals surface area contributed by atoms with E-state index in [9.17, 15) is 4.39 Å². The fourth-order valence-corrected chi connectivity index (χ4v) is 3.08. The van der Waals surface area contributed by atoms with E-state index >= 15 is 0 Å². The van der Waals surface area contributed by atoms with Crippen molar-refractivity contribution in [1.82, 2.24) is 14.8 Å². The Bertz CT molecular complexity index is 723. The number of benzene rings is 1. The fourth-order valence-electron chi connectivity index (χ4n) is 2.33. The molecule has 2 heterocycles. The van der Waals surface area contributed by atoms with Crippen LogP contribution in [0.25, 0.3) is 5.69 Å². The summed E-state index contributed by atoms with van der Waals surface area (Å²) < 4.78 is 20.8. The maximum Gasteiger partial charge on any atom is 0.232 e. The Labute approximate surface area is 137 Å². The molecule has 0 bridgehead atoms. The van der Waals surface area contributed by atoms with Gasteiger partial charge in [0.05, 0.1) is 30.2 Å². The maximum atomic E-state index is 13.6. The van der Waals surface area contributed by atoms with E-state index in [1.807, 2.05) is 0 Å². The Morgan fingerprint density at radius 1 is 1.35 bits per heavy atom. The van der Waals surface area contributed by atoms with Crippen LogP contribution in [0.15, 0.2) is 29.4 Å². The van der Waals surface area contributed by atoms with Crippen LogP contribution in [0.1, 0.15) is 6.92 Å². The number of morpholine rings is 1. The van der Waals surface area contributed by atoms with E-state index in [-0.39, 0.29) is 11.1 Å². The van der Waals surface area contributed by atoms with Crippen molar-refractivity contribution in [3.63, 3.8) is 0 Å². The minimum atomic E-state index is -0.326. The lowest BCUT2D eigenvalue weighted by molar-refractivity contribution is 0.122. The number of hydrogen-bond acceptors (Lipinski definition) is 6. The molecule has 0 aliphatic carbocycles. The number of thioether (sulfide) groups is 1. The third-order valence-corrected chi connectivity index (χ3v) is 4.37. The molecule has 8 heteroatoms. The average Bonchev–Trinajstić information content (AvgIpc) is 2.99. The molecule has 0 saturated carbocycles. The normalized spacial score (nSPS) is 16.1. The molecule has 1 aromatic carbocycles. The molecule has 3 rings (SSSR count). The van der Waals surface area contributed by atoms with Crippen LogP contribution in [0.4, 0.5) is 10.3 Å². The van der Waals surface area contributed by atoms with Crippen LogP contribution in [0, 0.1) is 17.1 Å². The summed E-state index contributed by atoms with van der Waals surface area (Å²) in [4.78, 5) is 2.06. The van der Waals surface area contributed by atoms with Crippen molar-refractivity contribution in [2.24, 2.45) is 0 Å². The van der Waals surface area contributed by atoms with E-state index in [0.29, 0.717) is 43.1 Å². The number of nitriles is 1. The van der Waals surface area contributed by atoms with Crippen molar-refractivity contribution in [2.45, 2.75) is 17.3 Å². The first-order valence-corrected chi connectivity index (χ1v) is 8.17. The van der Waals surface area contributed by atoms with Crippen LogP contribution in [0.2, 0.25) is 0 Å². The molecule has 0 amide bonds. The van der Waals surface area contributed by atoms with Crippen molar-refractivity contribution in [1.29, 1.82) is 5.26 Å². The highest BCUT2D eigenvalue weighted by atomic mass is 32.2. The zero-order valence-electron chi connectivity index (χ0n) is 12.6. The zero-order chi connectivity index (χ0) is 16.2. The van der Waals surface area contributed by atoms with Crippen LogP contribution in [0.3, 0.4) is 0 Å². The standard InChI is InChI=1S/C15H16FN5OS/c1-11(10-17)23-15-19-18-14(20-5-7-22-8-6-20)21(15)13-4-2-3-12(16)9-13/h2-4,9,11H,5-8H2,1H3/t11-/m1/s1. The second kappa shape index (κ2) is 6.98. The van der Waals surface area contributed by atoms with E-state index in [1.54, 1.807) is 23.6 Å². The first kappa shape index (κ1) is 15.8. The summed E-state index contributed by atoms with van der Waals surface area (Å²) in [5, 5.41) is 17.8. The Morgan fingerprint density at radius 2 is 2.13 bits per heavy atom. The van der Waals surface area contributed by atoms with Gasteiger partial charge in [-0.2, -0.15) is 5.26 Å². The predicted molar refractivity (Wildman–Crippen MR) is 85.3 cm³/mol. The molecule has 1 aromatic heterocycles. The molecule has 0 radical (unpaired) electrons. The number of aromatic nitrogens is 3. The fraction of sp³-hybridized carbons (Fsp3) is 0.400. The lowest BCUT2D eigenvalue weighted by Crippen LogP contribution is -2.37. The zero-order valence-corrected chi connectivity index (χ0v) is 13.5. The van der Waals surface area contributed by atoms with Gasteiger partial charge in [0.1, 0.15) is 5.82 Å². The molecule has 2 aromatic rings. The van der Waals surface area contributed by atoms with E-state index < -0.39 is 0 Å². The molecular formula is C15H16FN5OS. The van der Waals surface area contributed by atoms with E-state index in [1.165, 1.54) is 23.9 Å². The molecule has 1 fully saturated rings. The quantitative estimate of drug-likeness (QED) is 0.800. The van der Waals surface area contributed by atoms with Gasteiger partial charge in [0.25, 0.3) is 0 Å². The second-order valence-corrected chi connectivity index (χ2v) is 6.39. The maximum absolute atomic E-state index is 13.6. The highest BCUT2D eigenvalue weighted by Gasteiger charge is 2.23. The summed E-state index contributed by atoms with van der Waals surface area (Å²) >= 11 is 1.30. The smallest absolute Gasteiger partial charge is 0.232 e. The van der Waals surface area contributed by atoms with Gasteiger partial charge in [-0.05, 0) is 25.1 Å². The van der Waals surface area contributed by atoms with Crippen LogP contribution in [0.5, 0.6) is 0 Å². The Morgan fingerprint density at radius 3 is 2.83 bits per heavy atom. The summed E-state index contributed by atoms with van der Waals surface area (Å²) in [6, 6.07) is 8.45. The largest absolute Gasteiger partial charge is 0.378 e. The van der Waals surface area contributed by atoms with Crippen LogP contribution < -0.4 is 4.90 Å². The van der Waals surface area contributed by atoms with E-state index in [2.05, 4.69) is 21.2 Å². The third-order valence-electron chi connectivity index (χ3n) is 3.44. The number of rotatable bonds is 4. The SMILES string of the molecule is C[C@H](C#N)Sc1nnc(N2CCOCC2)n1-c1cccc(F)c1. The number of halogens is 1. The number of hydrogen-bond donors (Lipinski definition) is 0. The highest BCUT2D eigenvalue weighted by molar-refractivity contribution is 8.00. The predicted octanol–water partition coefficient (Wildman–Crippen LogP) is 2.25. The average molecular weight is 333 g/mol. The molecule has 23 heavy (non-hydrogen) atoms. The third kappa shape index (κ3) is 3.46. The van der Waals surface area contributed by atoms with Gasteiger partial charge >= 0.3 is 0 Å². The van der Waals surface area contributed by atoms with Crippen LogP contribution in [-0.4, -0.2) is 46.3 Å². The summed E-state index contributed by atoms with van der Waals surface area (Å²) in [6.07, 6.45) is 0. The summed E-state index contributed by atoms with van der Waals surface area (Å²) in [7, 11) is 0. The summed E-state index contributed by atoms with van der Waals surface area (Å²) in [5.41, 5.74) is 0.643. The first-order valence-electron chi connectivity index (χ1n) is 7.29. The number of nitrogens with zero attached hydrogens (tertiary/aromatic N) is 5. The van der Waals surface area contributed by atoms with Crippen molar-refractivity contribution in [3.8, 4) is 11.8 Å². The van der Waals surface area contributed by atoms with Crippen molar-refractivity contribution in [2.75, 3.05) is 31.2 Å². The summed E-state index contributed by atoms with van der Waals surface area (Å²) in [5.74, 6) is 0.319. The van der Waals surface area contributed by atoms with E-state index in [0.717, 1.165) is 0 Å². The molecular weight excluding hydrogens is 317 g/mol. The van der Waals surface area contributed by atoms with Gasteiger partial charge in [0, 0.05) is 13.1 Å². The van der Waals surface area contributed by atoms with Gasteiger partial charge in [0.2, 0.25) is 5.95 Å². The minimum Gasteiger partial charge on any atom is -0.378 e. The summed E-state index contributed by atoms with van der Waals surface area (Å²) in [6.45, 7) is 4.43. The Balaban J connectivity index is 2.04. The molecule has 0 spiro atoms. The van der Waals surface area contributed by atoms with Gasteiger partial charge in [-0.15, -0.1) is 10.2 Å². The van der Waals surface area contributed by atoms with Gasteiger partial charge in [0.15, 0.2) is 5.16 Å². The van der Waals surface area contributed by atoms with E-state index in [4.69, 9.17) is 10.00 Å². The second-order valence-electron chi connectivity index (χ2n) is 5.09. The van der Waals surface area contributed by atoms with Crippen LogP contribution in [-0.2, 0) is 4.74 Å². The molecule has 120 valence electrons. The van der Waals surface area contributed by atoms with Crippen molar-refractivity contribution >= 4 is 17.7 Å². The molecule has 1 atom stereocenters. The topological polar surface area (TPSA) is 67.0 Å². The van der Waals surface area contributed by atoms with Gasteiger partial charge in [-0.3, -0.25) is 4.57 Å². The molecule has 6 nitrogen and oxygen atoms in total. The van der Waals surface area contributed by atoms with Gasteiger partial charge in [-0.1, -0.05) is 17.8 Å². The number of ether oxygens (including phenoxy) is 1. The van der Waals surface area contributed by atoms with Gasteiger partial charge in [-0.25, -0.2) is 4.39 Å². The lowest BCUT2D eigenvalue weighted by Gasteiger charge is -2.28. The lowest BCUT2D eigenvalue weighted by atomic mass is 10.3. The molecule has 0 N–H and O–H groups in total. The molecule has 1 aliphatic rings. The highest BCUT2D eigenvalue weighted by Crippen LogP contribution is 2.29. The Hall–Kier alpha value is -2.11.